The Morgan fingerprint density at radius 1 is 1.33 bits per heavy atom. The zero-order valence-corrected chi connectivity index (χ0v) is 13.7. The van der Waals surface area contributed by atoms with Gasteiger partial charge in [-0.15, -0.1) is 0 Å². The number of hydrogen-bond acceptors (Lipinski definition) is 5. The minimum atomic E-state index is -0.112. The number of anilines is 1. The Hall–Kier alpha value is -2.38. The summed E-state index contributed by atoms with van der Waals surface area (Å²) in [5, 5.41) is 11.9. The number of aromatic nitrogens is 1. The van der Waals surface area contributed by atoms with Crippen LogP contribution in [-0.2, 0) is 0 Å². The summed E-state index contributed by atoms with van der Waals surface area (Å²) < 4.78 is 5.40. The monoisotopic (exact) mass is 330 g/mol. The molecule has 0 atom stereocenters. The number of carbonyl (C=O) groups excluding carboxylic acids is 1. The van der Waals surface area contributed by atoms with Crippen molar-refractivity contribution in [2.45, 2.75) is 6.92 Å². The molecule has 0 radical (unpaired) electrons. The molecular weight excluding hydrogens is 308 g/mol. The molecular formula is C17H22N4O3. The first-order valence-electron chi connectivity index (χ1n) is 8.07. The predicted octanol–water partition coefficient (Wildman–Crippen LogP) is 1.79. The van der Waals surface area contributed by atoms with Gasteiger partial charge in [0.2, 0.25) is 5.89 Å². The van der Waals surface area contributed by atoms with Gasteiger partial charge in [-0.2, -0.15) is 0 Å². The fraction of sp³-hybridized carbons (Fsp3) is 0.412. The second-order valence-electron chi connectivity index (χ2n) is 5.86. The molecule has 128 valence electrons. The average molecular weight is 330 g/mol. The maximum atomic E-state index is 12.4. The Morgan fingerprint density at radius 2 is 2.12 bits per heavy atom. The molecule has 2 aromatic rings. The van der Waals surface area contributed by atoms with Gasteiger partial charge in [-0.3, -0.25) is 4.90 Å². The lowest BCUT2D eigenvalue weighted by Gasteiger charge is -2.34. The van der Waals surface area contributed by atoms with Crippen molar-refractivity contribution in [2.24, 2.45) is 0 Å². The summed E-state index contributed by atoms with van der Waals surface area (Å²) in [6.45, 7) is 5.56. The van der Waals surface area contributed by atoms with Crippen molar-refractivity contribution < 1.29 is 14.3 Å². The van der Waals surface area contributed by atoms with E-state index in [1.54, 1.807) is 11.2 Å². The van der Waals surface area contributed by atoms with Crippen LogP contribution < -0.4 is 5.32 Å². The highest BCUT2D eigenvalue weighted by molar-refractivity contribution is 5.90. The fourth-order valence-corrected chi connectivity index (χ4v) is 2.74. The Kier molecular flexibility index (Phi) is 5.12. The van der Waals surface area contributed by atoms with Crippen molar-refractivity contribution in [3.05, 3.63) is 36.2 Å². The number of nitrogens with one attached hydrogen (secondary N) is 1. The van der Waals surface area contributed by atoms with Crippen molar-refractivity contribution in [1.29, 1.82) is 0 Å². The average Bonchev–Trinajstić information content (AvgIpc) is 3.03. The van der Waals surface area contributed by atoms with E-state index in [1.807, 2.05) is 31.2 Å². The molecule has 7 nitrogen and oxygen atoms in total. The lowest BCUT2D eigenvalue weighted by atomic mass is 10.2. The summed E-state index contributed by atoms with van der Waals surface area (Å²) in [5.74, 6) is 0.543. The predicted molar refractivity (Wildman–Crippen MR) is 90.8 cm³/mol. The molecule has 1 aliphatic heterocycles. The number of urea groups is 1. The van der Waals surface area contributed by atoms with Gasteiger partial charge in [-0.05, 0) is 25.1 Å². The highest BCUT2D eigenvalue weighted by Crippen LogP contribution is 2.22. The number of aliphatic hydroxyl groups excluding tert-OH is 1. The third-order valence-corrected chi connectivity index (χ3v) is 4.06. The molecule has 0 spiro atoms. The van der Waals surface area contributed by atoms with Crippen LogP contribution in [0.4, 0.5) is 10.5 Å². The normalized spacial score (nSPS) is 15.5. The van der Waals surface area contributed by atoms with Crippen LogP contribution >= 0.6 is 0 Å². The second-order valence-corrected chi connectivity index (χ2v) is 5.86. The summed E-state index contributed by atoms with van der Waals surface area (Å²) in [6, 6.07) is 7.35. The van der Waals surface area contributed by atoms with Crippen molar-refractivity contribution in [2.75, 3.05) is 44.6 Å². The van der Waals surface area contributed by atoms with Crippen molar-refractivity contribution >= 4 is 11.7 Å². The molecule has 2 amide bonds. The van der Waals surface area contributed by atoms with Crippen LogP contribution in [0.25, 0.3) is 11.5 Å². The molecule has 3 rings (SSSR count). The number of rotatable bonds is 4. The molecule has 1 aromatic heterocycles. The second kappa shape index (κ2) is 7.46. The molecule has 0 bridgehead atoms. The number of aliphatic hydroxyl groups is 1. The maximum absolute atomic E-state index is 12.4. The summed E-state index contributed by atoms with van der Waals surface area (Å²) in [7, 11) is 0. The molecule has 1 aromatic carbocycles. The first-order valence-corrected chi connectivity index (χ1v) is 8.07. The van der Waals surface area contributed by atoms with Crippen LogP contribution in [0.1, 0.15) is 5.69 Å². The Balaban J connectivity index is 1.61. The SMILES string of the molecule is Cc1coc(-c2cccc(NC(=O)N3CCN(CCO)CC3)c2)n1. The van der Waals surface area contributed by atoms with Gasteiger partial charge in [-0.25, -0.2) is 9.78 Å². The number of carbonyl (C=O) groups is 1. The highest BCUT2D eigenvalue weighted by atomic mass is 16.3. The highest BCUT2D eigenvalue weighted by Gasteiger charge is 2.20. The van der Waals surface area contributed by atoms with Gasteiger partial charge in [0.15, 0.2) is 0 Å². The number of piperazine rings is 1. The van der Waals surface area contributed by atoms with E-state index in [1.165, 1.54) is 0 Å². The molecule has 1 aliphatic rings. The van der Waals surface area contributed by atoms with Crippen LogP contribution in [-0.4, -0.2) is 65.3 Å². The van der Waals surface area contributed by atoms with E-state index in [0.29, 0.717) is 31.2 Å². The number of oxazole rings is 1. The third-order valence-electron chi connectivity index (χ3n) is 4.06. The molecule has 1 fully saturated rings. The van der Waals surface area contributed by atoms with Gasteiger partial charge >= 0.3 is 6.03 Å². The van der Waals surface area contributed by atoms with E-state index < -0.39 is 0 Å². The van der Waals surface area contributed by atoms with E-state index in [9.17, 15) is 4.79 Å². The van der Waals surface area contributed by atoms with E-state index >= 15 is 0 Å². The number of aryl methyl sites for hydroxylation is 1. The van der Waals surface area contributed by atoms with Gasteiger partial charge in [0, 0.05) is 44.0 Å². The number of amides is 2. The Morgan fingerprint density at radius 3 is 2.79 bits per heavy atom. The number of nitrogens with zero attached hydrogens (tertiary/aromatic N) is 3. The van der Waals surface area contributed by atoms with E-state index in [0.717, 1.165) is 24.3 Å². The third kappa shape index (κ3) is 3.93. The number of benzene rings is 1. The van der Waals surface area contributed by atoms with Crippen LogP contribution in [0.5, 0.6) is 0 Å². The van der Waals surface area contributed by atoms with Gasteiger partial charge in [0.25, 0.3) is 0 Å². The summed E-state index contributed by atoms with van der Waals surface area (Å²) in [4.78, 5) is 20.6. The molecule has 0 unspecified atom stereocenters. The first-order chi connectivity index (χ1) is 11.7. The summed E-state index contributed by atoms with van der Waals surface area (Å²) in [6.07, 6.45) is 1.60. The lowest BCUT2D eigenvalue weighted by Crippen LogP contribution is -2.50. The van der Waals surface area contributed by atoms with Crippen molar-refractivity contribution in [3.63, 3.8) is 0 Å². The molecule has 0 aliphatic carbocycles. The Labute approximate surface area is 140 Å². The topological polar surface area (TPSA) is 81.8 Å². The zero-order chi connectivity index (χ0) is 16.9. The fourth-order valence-electron chi connectivity index (χ4n) is 2.74. The molecule has 2 N–H and O–H groups in total. The van der Waals surface area contributed by atoms with E-state index in [4.69, 9.17) is 9.52 Å². The number of β-amino-alcohol motifs (C(OH)–C–C–N with tert-alkyl or cyclic N) is 1. The molecule has 2 heterocycles. The van der Waals surface area contributed by atoms with Gasteiger partial charge in [0.05, 0.1) is 12.3 Å². The Bertz CT molecular complexity index is 693. The first kappa shape index (κ1) is 16.5. The maximum Gasteiger partial charge on any atom is 0.321 e. The van der Waals surface area contributed by atoms with E-state index in [-0.39, 0.29) is 12.6 Å². The molecule has 0 saturated carbocycles. The van der Waals surface area contributed by atoms with Crippen LogP contribution in [0.15, 0.2) is 34.9 Å². The van der Waals surface area contributed by atoms with Crippen LogP contribution in [0.3, 0.4) is 0 Å². The van der Waals surface area contributed by atoms with Crippen LogP contribution in [0, 0.1) is 6.92 Å². The van der Waals surface area contributed by atoms with Crippen LogP contribution in [0.2, 0.25) is 0 Å². The van der Waals surface area contributed by atoms with Crippen molar-refractivity contribution in [3.8, 4) is 11.5 Å². The number of hydrogen-bond donors (Lipinski definition) is 2. The minimum Gasteiger partial charge on any atom is -0.444 e. The van der Waals surface area contributed by atoms with Gasteiger partial charge in [-0.1, -0.05) is 6.07 Å². The molecule has 7 heteroatoms. The zero-order valence-electron chi connectivity index (χ0n) is 13.7. The quantitative estimate of drug-likeness (QED) is 0.893. The smallest absolute Gasteiger partial charge is 0.321 e. The molecule has 1 saturated heterocycles. The van der Waals surface area contributed by atoms with Crippen molar-refractivity contribution in [1.82, 2.24) is 14.8 Å². The standard InChI is InChI=1S/C17H22N4O3/c1-13-12-24-16(18-13)14-3-2-4-15(11-14)19-17(23)21-7-5-20(6-8-21)9-10-22/h2-4,11-12,22H,5-10H2,1H3,(H,19,23). The lowest BCUT2D eigenvalue weighted by molar-refractivity contribution is 0.127. The van der Waals surface area contributed by atoms with E-state index in [2.05, 4.69) is 15.2 Å². The summed E-state index contributed by atoms with van der Waals surface area (Å²) in [5.41, 5.74) is 2.36. The largest absolute Gasteiger partial charge is 0.444 e. The van der Waals surface area contributed by atoms with Gasteiger partial charge in [0.1, 0.15) is 6.26 Å². The minimum absolute atomic E-state index is 0.112. The molecule has 24 heavy (non-hydrogen) atoms. The van der Waals surface area contributed by atoms with Gasteiger partial charge < -0.3 is 19.7 Å². The summed E-state index contributed by atoms with van der Waals surface area (Å²) >= 11 is 0.